The van der Waals surface area contributed by atoms with Gasteiger partial charge in [-0.25, -0.2) is 0 Å². The predicted octanol–water partition coefficient (Wildman–Crippen LogP) is 1.75. The summed E-state index contributed by atoms with van der Waals surface area (Å²) >= 11 is 0. The molecule has 0 bridgehead atoms. The number of hydrogen-bond donors (Lipinski definition) is 1. The minimum atomic E-state index is -0.0105. The van der Waals surface area contributed by atoms with Crippen LogP contribution in [0, 0.1) is 5.92 Å². The van der Waals surface area contributed by atoms with Crippen molar-refractivity contribution in [3.8, 4) is 5.75 Å². The fourth-order valence-electron chi connectivity index (χ4n) is 1.19. The standard InChI is InChI=1S/C10H16N2O/c1-7(2)10(11)8-6-12-5-4-9(8)13-3/h4-7,10H,11H2,1-3H3/t10-/m0/s1. The number of methoxy groups -OCH3 is 1. The molecule has 0 radical (unpaired) electrons. The Hall–Kier alpha value is -1.09. The molecule has 3 heteroatoms. The number of aromatic nitrogens is 1. The lowest BCUT2D eigenvalue weighted by molar-refractivity contribution is 0.395. The summed E-state index contributed by atoms with van der Waals surface area (Å²) in [5.41, 5.74) is 6.97. The molecule has 0 saturated carbocycles. The van der Waals surface area contributed by atoms with Crippen LogP contribution in [-0.4, -0.2) is 12.1 Å². The van der Waals surface area contributed by atoms with Gasteiger partial charge in [0.15, 0.2) is 0 Å². The van der Waals surface area contributed by atoms with Gasteiger partial charge in [-0.1, -0.05) is 13.8 Å². The highest BCUT2D eigenvalue weighted by molar-refractivity contribution is 5.32. The second-order valence-electron chi connectivity index (χ2n) is 3.39. The van der Waals surface area contributed by atoms with Gasteiger partial charge in [-0.3, -0.25) is 4.98 Å². The number of ether oxygens (including phenoxy) is 1. The van der Waals surface area contributed by atoms with Crippen LogP contribution in [0.3, 0.4) is 0 Å². The first-order valence-electron chi connectivity index (χ1n) is 4.40. The Morgan fingerprint density at radius 2 is 2.15 bits per heavy atom. The van der Waals surface area contributed by atoms with E-state index in [1.165, 1.54) is 0 Å². The maximum Gasteiger partial charge on any atom is 0.126 e. The van der Waals surface area contributed by atoms with E-state index in [0.717, 1.165) is 11.3 Å². The van der Waals surface area contributed by atoms with Crippen molar-refractivity contribution in [3.05, 3.63) is 24.0 Å². The van der Waals surface area contributed by atoms with Crippen LogP contribution in [0.25, 0.3) is 0 Å². The third-order valence-electron chi connectivity index (χ3n) is 2.11. The van der Waals surface area contributed by atoms with E-state index in [0.29, 0.717) is 5.92 Å². The molecule has 1 aromatic rings. The van der Waals surface area contributed by atoms with Crippen molar-refractivity contribution in [1.82, 2.24) is 4.98 Å². The van der Waals surface area contributed by atoms with Gasteiger partial charge in [0, 0.05) is 24.0 Å². The van der Waals surface area contributed by atoms with Gasteiger partial charge in [0.1, 0.15) is 5.75 Å². The SMILES string of the molecule is COc1ccncc1[C@@H](N)C(C)C. The molecule has 1 aromatic heterocycles. The number of rotatable bonds is 3. The average molecular weight is 180 g/mol. The lowest BCUT2D eigenvalue weighted by Crippen LogP contribution is -2.17. The van der Waals surface area contributed by atoms with Crippen molar-refractivity contribution in [3.63, 3.8) is 0 Å². The fourth-order valence-corrected chi connectivity index (χ4v) is 1.19. The maximum atomic E-state index is 5.99. The summed E-state index contributed by atoms with van der Waals surface area (Å²) in [7, 11) is 1.64. The zero-order valence-corrected chi connectivity index (χ0v) is 8.32. The van der Waals surface area contributed by atoms with E-state index in [1.807, 2.05) is 6.07 Å². The predicted molar refractivity (Wildman–Crippen MR) is 52.6 cm³/mol. The summed E-state index contributed by atoms with van der Waals surface area (Å²) in [5, 5.41) is 0. The first kappa shape index (κ1) is 9.99. The number of nitrogens with zero attached hydrogens (tertiary/aromatic N) is 1. The van der Waals surface area contributed by atoms with Crippen molar-refractivity contribution in [1.29, 1.82) is 0 Å². The third kappa shape index (κ3) is 2.18. The monoisotopic (exact) mass is 180 g/mol. The van der Waals surface area contributed by atoms with E-state index in [-0.39, 0.29) is 6.04 Å². The Morgan fingerprint density at radius 3 is 2.69 bits per heavy atom. The van der Waals surface area contributed by atoms with Crippen LogP contribution in [-0.2, 0) is 0 Å². The van der Waals surface area contributed by atoms with Crippen LogP contribution in [0.1, 0.15) is 25.5 Å². The minimum absolute atomic E-state index is 0.0105. The van der Waals surface area contributed by atoms with E-state index in [2.05, 4.69) is 18.8 Å². The maximum absolute atomic E-state index is 5.99. The van der Waals surface area contributed by atoms with E-state index in [9.17, 15) is 0 Å². The van der Waals surface area contributed by atoms with Crippen molar-refractivity contribution in [2.24, 2.45) is 11.7 Å². The van der Waals surface area contributed by atoms with Gasteiger partial charge >= 0.3 is 0 Å². The third-order valence-corrected chi connectivity index (χ3v) is 2.11. The molecule has 0 aliphatic carbocycles. The zero-order chi connectivity index (χ0) is 9.84. The minimum Gasteiger partial charge on any atom is -0.496 e. The molecule has 0 spiro atoms. The highest BCUT2D eigenvalue weighted by atomic mass is 16.5. The molecule has 0 aliphatic heterocycles. The summed E-state index contributed by atoms with van der Waals surface area (Å²) in [4.78, 5) is 4.04. The summed E-state index contributed by atoms with van der Waals surface area (Å²) in [6.45, 7) is 4.16. The molecule has 1 rings (SSSR count). The average Bonchev–Trinajstić information content (AvgIpc) is 2.16. The molecule has 1 atom stereocenters. The van der Waals surface area contributed by atoms with Gasteiger partial charge in [0.2, 0.25) is 0 Å². The molecule has 0 amide bonds. The van der Waals surface area contributed by atoms with Gasteiger partial charge < -0.3 is 10.5 Å². The normalized spacial score (nSPS) is 13.0. The summed E-state index contributed by atoms with van der Waals surface area (Å²) in [6, 6.07) is 1.82. The number of nitrogens with two attached hydrogens (primary N) is 1. The van der Waals surface area contributed by atoms with Crippen LogP contribution >= 0.6 is 0 Å². The molecule has 72 valence electrons. The molecule has 0 saturated heterocycles. The van der Waals surface area contributed by atoms with Gasteiger partial charge in [0.25, 0.3) is 0 Å². The second kappa shape index (κ2) is 4.23. The van der Waals surface area contributed by atoms with E-state index < -0.39 is 0 Å². The molecule has 0 fully saturated rings. The van der Waals surface area contributed by atoms with E-state index in [4.69, 9.17) is 10.5 Å². The van der Waals surface area contributed by atoms with E-state index in [1.54, 1.807) is 19.5 Å². The van der Waals surface area contributed by atoms with Crippen molar-refractivity contribution < 1.29 is 4.74 Å². The molecular formula is C10H16N2O. The Bertz CT molecular complexity index is 273. The second-order valence-corrected chi connectivity index (χ2v) is 3.39. The molecule has 0 aromatic carbocycles. The van der Waals surface area contributed by atoms with E-state index >= 15 is 0 Å². The summed E-state index contributed by atoms with van der Waals surface area (Å²) in [6.07, 6.45) is 3.47. The molecule has 3 nitrogen and oxygen atoms in total. The Kier molecular flexibility index (Phi) is 3.25. The molecule has 0 unspecified atom stereocenters. The van der Waals surface area contributed by atoms with Crippen LogP contribution in [0.2, 0.25) is 0 Å². The van der Waals surface area contributed by atoms with Crippen LogP contribution in [0.15, 0.2) is 18.5 Å². The number of hydrogen-bond acceptors (Lipinski definition) is 3. The lowest BCUT2D eigenvalue weighted by Gasteiger charge is -2.17. The summed E-state index contributed by atoms with van der Waals surface area (Å²) in [5.74, 6) is 1.20. The van der Waals surface area contributed by atoms with Crippen molar-refractivity contribution in [2.75, 3.05) is 7.11 Å². The zero-order valence-electron chi connectivity index (χ0n) is 8.32. The van der Waals surface area contributed by atoms with Gasteiger partial charge in [-0.2, -0.15) is 0 Å². The van der Waals surface area contributed by atoms with Crippen molar-refractivity contribution in [2.45, 2.75) is 19.9 Å². The van der Waals surface area contributed by atoms with Gasteiger partial charge in [-0.05, 0) is 12.0 Å². The fraction of sp³-hybridized carbons (Fsp3) is 0.500. The van der Waals surface area contributed by atoms with Gasteiger partial charge in [-0.15, -0.1) is 0 Å². The quantitative estimate of drug-likeness (QED) is 0.770. The molecular weight excluding hydrogens is 164 g/mol. The number of pyridine rings is 1. The largest absolute Gasteiger partial charge is 0.496 e. The lowest BCUT2D eigenvalue weighted by atomic mass is 9.98. The molecule has 2 N–H and O–H groups in total. The first-order valence-corrected chi connectivity index (χ1v) is 4.40. The molecule has 1 heterocycles. The van der Waals surface area contributed by atoms with Crippen LogP contribution in [0.5, 0.6) is 5.75 Å². The topological polar surface area (TPSA) is 48.1 Å². The highest BCUT2D eigenvalue weighted by Crippen LogP contribution is 2.26. The highest BCUT2D eigenvalue weighted by Gasteiger charge is 2.14. The van der Waals surface area contributed by atoms with Gasteiger partial charge in [0.05, 0.1) is 7.11 Å². The molecule has 0 aliphatic rings. The summed E-state index contributed by atoms with van der Waals surface area (Å²) < 4.78 is 5.20. The molecule has 13 heavy (non-hydrogen) atoms. The van der Waals surface area contributed by atoms with Crippen LogP contribution in [0.4, 0.5) is 0 Å². The Morgan fingerprint density at radius 1 is 1.46 bits per heavy atom. The Labute approximate surface area is 78.9 Å². The van der Waals surface area contributed by atoms with Crippen LogP contribution < -0.4 is 10.5 Å². The first-order chi connectivity index (χ1) is 6.16. The van der Waals surface area contributed by atoms with Crippen molar-refractivity contribution >= 4 is 0 Å². The smallest absolute Gasteiger partial charge is 0.126 e. The Balaban J connectivity index is 2.98.